The minimum absolute atomic E-state index is 0.0109. The molecule has 0 aliphatic rings. The summed E-state index contributed by atoms with van der Waals surface area (Å²) in [7, 11) is -3.90. The molecule has 0 bridgehead atoms. The van der Waals surface area contributed by atoms with Gasteiger partial charge in [0.05, 0.1) is 16.5 Å². The number of rotatable bonds is 8. The predicted molar refractivity (Wildman–Crippen MR) is 92.2 cm³/mol. The highest BCUT2D eigenvalue weighted by Gasteiger charge is 2.18. The molecule has 8 heteroatoms. The highest BCUT2D eigenvalue weighted by Crippen LogP contribution is 2.23. The number of nitrogens with one attached hydrogen (secondary N) is 1. The van der Waals surface area contributed by atoms with Gasteiger partial charge in [-0.3, -0.25) is 0 Å². The Morgan fingerprint density at radius 1 is 1.08 bits per heavy atom. The zero-order chi connectivity index (χ0) is 18.4. The van der Waals surface area contributed by atoms with Crippen LogP contribution < -0.4 is 9.46 Å². The van der Waals surface area contributed by atoms with Gasteiger partial charge in [0, 0.05) is 12.1 Å². The molecule has 2 aromatic carbocycles. The first-order valence-electron chi connectivity index (χ1n) is 7.70. The van der Waals surface area contributed by atoms with Gasteiger partial charge in [0.1, 0.15) is 17.4 Å². The molecule has 4 nitrogen and oxygen atoms in total. The van der Waals surface area contributed by atoms with Crippen LogP contribution in [-0.2, 0) is 16.6 Å². The van der Waals surface area contributed by atoms with Crippen molar-refractivity contribution in [1.82, 2.24) is 4.72 Å². The lowest BCUT2D eigenvalue weighted by Gasteiger charge is -2.10. The summed E-state index contributed by atoms with van der Waals surface area (Å²) in [6, 6.07) is 7.63. The van der Waals surface area contributed by atoms with E-state index in [1.165, 1.54) is 12.1 Å². The van der Waals surface area contributed by atoms with Crippen LogP contribution in [0, 0.1) is 11.6 Å². The molecule has 0 heterocycles. The number of unbranched alkanes of at least 4 members (excludes halogenated alkanes) is 1. The van der Waals surface area contributed by atoms with E-state index in [-0.39, 0.29) is 10.5 Å². The molecule has 0 unspecified atom stereocenters. The van der Waals surface area contributed by atoms with Crippen LogP contribution in [0.5, 0.6) is 5.75 Å². The third-order valence-electron chi connectivity index (χ3n) is 3.48. The zero-order valence-electron chi connectivity index (χ0n) is 13.6. The summed E-state index contributed by atoms with van der Waals surface area (Å²) >= 11 is 5.69. The van der Waals surface area contributed by atoms with Crippen molar-refractivity contribution in [3.05, 3.63) is 58.6 Å². The second-order valence-electron chi connectivity index (χ2n) is 5.32. The largest absolute Gasteiger partial charge is 0.494 e. The molecular formula is C17H18ClF2NO3S. The average molecular weight is 390 g/mol. The van der Waals surface area contributed by atoms with Crippen molar-refractivity contribution >= 4 is 21.6 Å². The van der Waals surface area contributed by atoms with Crippen LogP contribution in [0.15, 0.2) is 41.3 Å². The Labute approximate surface area is 150 Å². The van der Waals surface area contributed by atoms with Crippen molar-refractivity contribution < 1.29 is 21.9 Å². The van der Waals surface area contributed by atoms with E-state index in [9.17, 15) is 17.2 Å². The molecule has 0 aromatic heterocycles. The number of benzene rings is 2. The van der Waals surface area contributed by atoms with E-state index in [0.717, 1.165) is 25.0 Å². The van der Waals surface area contributed by atoms with Crippen LogP contribution >= 0.6 is 11.6 Å². The monoisotopic (exact) mass is 389 g/mol. The van der Waals surface area contributed by atoms with Gasteiger partial charge in [0.2, 0.25) is 10.0 Å². The molecule has 0 saturated heterocycles. The lowest BCUT2D eigenvalue weighted by molar-refractivity contribution is 0.309. The fourth-order valence-electron chi connectivity index (χ4n) is 2.03. The first kappa shape index (κ1) is 19.6. The lowest BCUT2D eigenvalue weighted by Crippen LogP contribution is -2.24. The average Bonchev–Trinajstić information content (AvgIpc) is 2.59. The van der Waals surface area contributed by atoms with Crippen molar-refractivity contribution in [2.45, 2.75) is 31.2 Å². The normalized spacial score (nSPS) is 11.5. The maximum atomic E-state index is 13.7. The molecule has 0 spiro atoms. The molecule has 0 aliphatic carbocycles. The lowest BCUT2D eigenvalue weighted by atomic mass is 10.2. The Kier molecular flexibility index (Phi) is 6.75. The van der Waals surface area contributed by atoms with Crippen molar-refractivity contribution in [2.75, 3.05) is 6.61 Å². The number of hydrogen-bond donors (Lipinski definition) is 1. The fraction of sp³-hybridized carbons (Fsp3) is 0.294. The van der Waals surface area contributed by atoms with Crippen LogP contribution in [0.3, 0.4) is 0 Å². The molecule has 0 radical (unpaired) electrons. The van der Waals surface area contributed by atoms with Gasteiger partial charge in [-0.05, 0) is 42.8 Å². The molecule has 136 valence electrons. The molecule has 0 fully saturated rings. The van der Waals surface area contributed by atoms with Gasteiger partial charge in [-0.1, -0.05) is 24.9 Å². The first-order chi connectivity index (χ1) is 11.8. The second kappa shape index (κ2) is 8.60. The SMILES string of the molecule is CCCCOc1ccc(S(=O)(=O)NCc2c(F)ccc(F)c2Cl)cc1. The zero-order valence-corrected chi connectivity index (χ0v) is 15.1. The van der Waals surface area contributed by atoms with Crippen molar-refractivity contribution in [1.29, 1.82) is 0 Å². The summed E-state index contributed by atoms with van der Waals surface area (Å²) in [6.45, 7) is 2.14. The highest BCUT2D eigenvalue weighted by molar-refractivity contribution is 7.89. The van der Waals surface area contributed by atoms with Crippen molar-refractivity contribution in [3.8, 4) is 5.75 Å². The van der Waals surface area contributed by atoms with Gasteiger partial charge in [-0.25, -0.2) is 21.9 Å². The summed E-state index contributed by atoms with van der Waals surface area (Å²) in [6.07, 6.45) is 1.90. The number of halogens is 3. The standard InChI is InChI=1S/C17H18ClF2NO3S/c1-2-3-10-24-12-4-6-13(7-5-12)25(22,23)21-11-14-15(19)8-9-16(20)17(14)18/h4-9,21H,2-3,10-11H2,1H3. The van der Waals surface area contributed by atoms with Gasteiger partial charge < -0.3 is 4.74 Å². The third kappa shape index (κ3) is 5.14. The van der Waals surface area contributed by atoms with Gasteiger partial charge in [0.15, 0.2) is 0 Å². The maximum absolute atomic E-state index is 13.7. The summed E-state index contributed by atoms with van der Waals surface area (Å²) < 4.78 is 59.3. The van der Waals surface area contributed by atoms with Gasteiger partial charge in [0.25, 0.3) is 0 Å². The highest BCUT2D eigenvalue weighted by atomic mass is 35.5. The van der Waals surface area contributed by atoms with E-state index >= 15 is 0 Å². The second-order valence-corrected chi connectivity index (χ2v) is 7.46. The van der Waals surface area contributed by atoms with E-state index in [1.807, 2.05) is 6.92 Å². The van der Waals surface area contributed by atoms with E-state index in [4.69, 9.17) is 16.3 Å². The van der Waals surface area contributed by atoms with E-state index < -0.39 is 33.2 Å². The molecule has 1 N–H and O–H groups in total. The Balaban J connectivity index is 2.08. The maximum Gasteiger partial charge on any atom is 0.240 e. The molecule has 2 rings (SSSR count). The van der Waals surface area contributed by atoms with Gasteiger partial charge in [-0.2, -0.15) is 0 Å². The summed E-state index contributed by atoms with van der Waals surface area (Å²) in [4.78, 5) is -0.0109. The van der Waals surface area contributed by atoms with Crippen LogP contribution in [0.2, 0.25) is 5.02 Å². The molecule has 0 aliphatic heterocycles. The smallest absolute Gasteiger partial charge is 0.240 e. The molecule has 0 amide bonds. The van der Waals surface area contributed by atoms with Crippen LogP contribution in [-0.4, -0.2) is 15.0 Å². The number of sulfonamides is 1. The predicted octanol–water partition coefficient (Wildman–Crippen LogP) is 4.28. The minimum atomic E-state index is -3.90. The van der Waals surface area contributed by atoms with E-state index in [1.54, 1.807) is 12.1 Å². The Bertz CT molecular complexity index is 827. The summed E-state index contributed by atoms with van der Waals surface area (Å²) in [5.41, 5.74) is -0.246. The Morgan fingerprint density at radius 3 is 2.36 bits per heavy atom. The summed E-state index contributed by atoms with van der Waals surface area (Å²) in [5, 5.41) is -0.442. The first-order valence-corrected chi connectivity index (χ1v) is 9.56. The topological polar surface area (TPSA) is 55.4 Å². The third-order valence-corrected chi connectivity index (χ3v) is 5.30. The Morgan fingerprint density at radius 2 is 1.72 bits per heavy atom. The van der Waals surface area contributed by atoms with Crippen LogP contribution in [0.4, 0.5) is 8.78 Å². The number of hydrogen-bond acceptors (Lipinski definition) is 3. The molecule has 2 aromatic rings. The summed E-state index contributed by atoms with van der Waals surface area (Å²) in [5.74, 6) is -1.04. The Hall–Kier alpha value is -1.70. The quantitative estimate of drug-likeness (QED) is 0.541. The van der Waals surface area contributed by atoms with Crippen LogP contribution in [0.25, 0.3) is 0 Å². The molecule has 0 atom stereocenters. The van der Waals surface area contributed by atoms with Crippen molar-refractivity contribution in [3.63, 3.8) is 0 Å². The van der Waals surface area contributed by atoms with Gasteiger partial charge in [-0.15, -0.1) is 0 Å². The molecule has 25 heavy (non-hydrogen) atoms. The van der Waals surface area contributed by atoms with Crippen LogP contribution in [0.1, 0.15) is 25.3 Å². The molecule has 0 saturated carbocycles. The van der Waals surface area contributed by atoms with E-state index in [0.29, 0.717) is 12.4 Å². The van der Waals surface area contributed by atoms with E-state index in [2.05, 4.69) is 4.72 Å². The fourth-order valence-corrected chi connectivity index (χ4v) is 3.25. The van der Waals surface area contributed by atoms with Crippen molar-refractivity contribution in [2.24, 2.45) is 0 Å². The number of ether oxygens (including phenoxy) is 1. The molecular weight excluding hydrogens is 372 g/mol. The van der Waals surface area contributed by atoms with Gasteiger partial charge >= 0.3 is 0 Å². The minimum Gasteiger partial charge on any atom is -0.494 e.